The first kappa shape index (κ1) is 25.4. The van der Waals surface area contributed by atoms with Crippen LogP contribution in [0.5, 0.6) is 5.75 Å². The molecule has 0 aromatic carbocycles. The Morgan fingerprint density at radius 3 is 2.83 bits per heavy atom. The van der Waals surface area contributed by atoms with Crippen LogP contribution in [-0.2, 0) is 0 Å². The van der Waals surface area contributed by atoms with Gasteiger partial charge in [-0.2, -0.15) is 13.2 Å². The molecule has 11 nitrogen and oxygen atoms in total. The van der Waals surface area contributed by atoms with Crippen molar-refractivity contribution in [3.05, 3.63) is 35.7 Å². The number of aryl methyl sites for hydroxylation is 1. The van der Waals surface area contributed by atoms with E-state index in [0.717, 1.165) is 0 Å². The van der Waals surface area contributed by atoms with Crippen molar-refractivity contribution in [3.63, 3.8) is 0 Å². The molecular formula is C22H25F3N6O5. The number of halogens is 3. The molecule has 0 radical (unpaired) electrons. The summed E-state index contributed by atoms with van der Waals surface area (Å²) in [7, 11) is 0. The predicted octanol–water partition coefficient (Wildman–Crippen LogP) is 1.44. The summed E-state index contributed by atoms with van der Waals surface area (Å²) in [5.41, 5.74) is 1.01. The molecule has 1 unspecified atom stereocenters. The Morgan fingerprint density at radius 1 is 1.33 bits per heavy atom. The Hall–Kier alpha value is -3.65. The molecule has 2 atom stereocenters. The molecule has 1 fully saturated rings. The lowest BCUT2D eigenvalue weighted by Crippen LogP contribution is -2.49. The number of aliphatic hydroxyl groups is 2. The summed E-state index contributed by atoms with van der Waals surface area (Å²) in [5.74, 6) is -0.370. The van der Waals surface area contributed by atoms with Gasteiger partial charge in [0.2, 0.25) is 0 Å². The van der Waals surface area contributed by atoms with E-state index in [0.29, 0.717) is 36.5 Å². The van der Waals surface area contributed by atoms with Crippen molar-refractivity contribution >= 4 is 29.3 Å². The number of nitrogens with one attached hydrogen (secondary N) is 2. The number of hydrogen-bond donors (Lipinski definition) is 4. The molecule has 36 heavy (non-hydrogen) atoms. The standard InChI is InChI=1S/C22H25F3N6O5/c1-12-6-16(20(34)27-11-22(23,24)25)28-19-18(12)30-5-3-13(8-30)31(19)21(35)29-17-7-15(2-4-26-17)36-10-14(33)9-32/h2,4,6-7,13-14,32-33H,3,5,8-11H2,1H3,(H,27,34)(H,26,29,35)/t13-,14?/m0/s1. The number of hydrogen-bond acceptors (Lipinski definition) is 8. The maximum Gasteiger partial charge on any atom is 0.405 e. The smallest absolute Gasteiger partial charge is 0.405 e. The van der Waals surface area contributed by atoms with E-state index in [1.807, 2.05) is 10.2 Å². The monoisotopic (exact) mass is 510 g/mol. The van der Waals surface area contributed by atoms with E-state index in [2.05, 4.69) is 15.3 Å². The fraction of sp³-hybridized carbons (Fsp3) is 0.455. The van der Waals surface area contributed by atoms with Gasteiger partial charge >= 0.3 is 12.2 Å². The first-order chi connectivity index (χ1) is 17.1. The number of pyridine rings is 2. The molecule has 4 rings (SSSR count). The molecule has 2 aliphatic rings. The quantitative estimate of drug-likeness (QED) is 0.439. The van der Waals surface area contributed by atoms with E-state index in [4.69, 9.17) is 9.84 Å². The molecule has 2 aromatic rings. The van der Waals surface area contributed by atoms with Gasteiger partial charge in [0.05, 0.1) is 18.3 Å². The summed E-state index contributed by atoms with van der Waals surface area (Å²) in [4.78, 5) is 37.5. The van der Waals surface area contributed by atoms with Gasteiger partial charge in [-0.05, 0) is 31.0 Å². The summed E-state index contributed by atoms with van der Waals surface area (Å²) in [6.45, 7) is 0.773. The number of carbonyl (C=O) groups excluding carboxylic acids is 2. The second-order valence-electron chi connectivity index (χ2n) is 8.51. The van der Waals surface area contributed by atoms with Gasteiger partial charge in [0.1, 0.15) is 36.5 Å². The van der Waals surface area contributed by atoms with Crippen molar-refractivity contribution in [3.8, 4) is 5.75 Å². The van der Waals surface area contributed by atoms with Crippen LogP contribution < -0.4 is 25.2 Å². The average molecular weight is 510 g/mol. The number of alkyl halides is 3. The molecular weight excluding hydrogens is 485 g/mol. The normalized spacial score (nSPS) is 17.4. The van der Waals surface area contributed by atoms with E-state index in [-0.39, 0.29) is 30.0 Å². The molecule has 3 amide bonds. The molecule has 2 bridgehead atoms. The highest BCUT2D eigenvalue weighted by Gasteiger charge is 2.41. The lowest BCUT2D eigenvalue weighted by Gasteiger charge is -2.36. The fourth-order valence-electron chi connectivity index (χ4n) is 4.17. The fourth-order valence-corrected chi connectivity index (χ4v) is 4.17. The zero-order valence-corrected chi connectivity index (χ0v) is 19.2. The van der Waals surface area contributed by atoms with Gasteiger partial charge in [0.15, 0.2) is 5.82 Å². The molecule has 0 spiro atoms. The van der Waals surface area contributed by atoms with E-state index in [1.54, 1.807) is 6.92 Å². The van der Waals surface area contributed by atoms with E-state index in [1.165, 1.54) is 29.3 Å². The third kappa shape index (κ3) is 5.60. The Balaban J connectivity index is 1.58. The maximum atomic E-state index is 13.3. The SMILES string of the molecule is Cc1cc(C(=O)NCC(F)(F)F)nc2c1N1CC[C@@H](C1)N2C(=O)Nc1cc(OCC(O)CO)ccn1. The van der Waals surface area contributed by atoms with E-state index >= 15 is 0 Å². The van der Waals surface area contributed by atoms with Crippen LogP contribution >= 0.6 is 0 Å². The molecule has 1 saturated heterocycles. The highest BCUT2D eigenvalue weighted by Crippen LogP contribution is 2.41. The van der Waals surface area contributed by atoms with Crippen LogP contribution in [0.15, 0.2) is 24.4 Å². The van der Waals surface area contributed by atoms with Gasteiger partial charge in [-0.3, -0.25) is 15.0 Å². The third-order valence-electron chi connectivity index (χ3n) is 5.76. The van der Waals surface area contributed by atoms with E-state index < -0.39 is 37.4 Å². The highest BCUT2D eigenvalue weighted by atomic mass is 19.4. The van der Waals surface area contributed by atoms with Crippen LogP contribution in [0.4, 0.5) is 35.3 Å². The van der Waals surface area contributed by atoms with Crippen molar-refractivity contribution in [2.45, 2.75) is 31.7 Å². The van der Waals surface area contributed by atoms with Crippen molar-refractivity contribution in [2.75, 3.05) is 48.0 Å². The number of nitrogens with zero attached hydrogens (tertiary/aromatic N) is 4. The Bertz CT molecular complexity index is 1150. The first-order valence-electron chi connectivity index (χ1n) is 11.1. The minimum Gasteiger partial charge on any atom is -0.491 e. The topological polar surface area (TPSA) is 140 Å². The van der Waals surface area contributed by atoms with Crippen LogP contribution in [0.3, 0.4) is 0 Å². The number of aliphatic hydroxyl groups excluding tert-OH is 2. The highest BCUT2D eigenvalue weighted by molar-refractivity contribution is 6.05. The van der Waals surface area contributed by atoms with Crippen LogP contribution in [-0.4, -0.2) is 83.3 Å². The zero-order chi connectivity index (χ0) is 26.0. The predicted molar refractivity (Wildman–Crippen MR) is 122 cm³/mol. The van der Waals surface area contributed by atoms with Crippen LogP contribution in [0.2, 0.25) is 0 Å². The van der Waals surface area contributed by atoms with Crippen molar-refractivity contribution in [1.82, 2.24) is 15.3 Å². The molecule has 2 aromatic heterocycles. The lowest BCUT2D eigenvalue weighted by molar-refractivity contribution is -0.123. The summed E-state index contributed by atoms with van der Waals surface area (Å²) >= 11 is 0. The van der Waals surface area contributed by atoms with Crippen molar-refractivity contribution in [2.24, 2.45) is 0 Å². The second kappa shape index (κ2) is 10.1. The Morgan fingerprint density at radius 2 is 2.11 bits per heavy atom. The van der Waals surface area contributed by atoms with Gasteiger partial charge in [0, 0.05) is 25.4 Å². The number of fused-ring (bicyclic) bond motifs is 4. The molecule has 14 heteroatoms. The second-order valence-corrected chi connectivity index (χ2v) is 8.51. The molecule has 194 valence electrons. The third-order valence-corrected chi connectivity index (χ3v) is 5.76. The van der Waals surface area contributed by atoms with Gasteiger partial charge in [0.25, 0.3) is 5.91 Å². The zero-order valence-electron chi connectivity index (χ0n) is 19.2. The Kier molecular flexibility index (Phi) is 7.17. The first-order valence-corrected chi connectivity index (χ1v) is 11.1. The van der Waals surface area contributed by atoms with Crippen molar-refractivity contribution in [1.29, 1.82) is 0 Å². The summed E-state index contributed by atoms with van der Waals surface area (Å²) in [6.07, 6.45) is -3.61. The number of rotatable bonds is 7. The largest absolute Gasteiger partial charge is 0.491 e. The minimum atomic E-state index is -4.57. The van der Waals surface area contributed by atoms with Gasteiger partial charge in [-0.25, -0.2) is 14.8 Å². The average Bonchev–Trinajstić information content (AvgIpc) is 3.23. The minimum absolute atomic E-state index is 0.147. The van der Waals surface area contributed by atoms with Crippen molar-refractivity contribution < 1.29 is 37.7 Å². The molecule has 0 aliphatic carbocycles. The number of aromatic nitrogens is 2. The van der Waals surface area contributed by atoms with E-state index in [9.17, 15) is 27.9 Å². The van der Waals surface area contributed by atoms with Gasteiger partial charge in [-0.15, -0.1) is 0 Å². The lowest BCUT2D eigenvalue weighted by atomic mass is 10.1. The van der Waals surface area contributed by atoms with Gasteiger partial charge < -0.3 is 25.2 Å². The molecule has 2 aliphatic heterocycles. The van der Waals surface area contributed by atoms with Gasteiger partial charge in [-0.1, -0.05) is 0 Å². The number of anilines is 3. The summed E-state index contributed by atoms with van der Waals surface area (Å²) in [6, 6.07) is 3.51. The number of urea groups is 1. The molecule has 0 saturated carbocycles. The molecule has 4 N–H and O–H groups in total. The van der Waals surface area contributed by atoms with Crippen LogP contribution in [0.1, 0.15) is 22.5 Å². The number of carbonyl (C=O) groups is 2. The summed E-state index contributed by atoms with van der Waals surface area (Å²) in [5, 5.41) is 22.8. The van der Waals surface area contributed by atoms with Crippen LogP contribution in [0.25, 0.3) is 0 Å². The summed E-state index contributed by atoms with van der Waals surface area (Å²) < 4.78 is 43.1. The van der Waals surface area contributed by atoms with Crippen LogP contribution in [0, 0.1) is 6.92 Å². The number of ether oxygens (including phenoxy) is 1. The Labute approximate surface area is 203 Å². The number of amides is 3. The molecule has 4 heterocycles. The maximum absolute atomic E-state index is 13.3.